The van der Waals surface area contributed by atoms with Crippen LogP contribution in [0.3, 0.4) is 0 Å². The Hall–Kier alpha value is -3.22. The van der Waals surface area contributed by atoms with E-state index < -0.39 is 9.84 Å². The monoisotopic (exact) mass is 609 g/mol. The Balaban J connectivity index is 1.20. The van der Waals surface area contributed by atoms with Crippen LogP contribution in [0.15, 0.2) is 82.6 Å². The Morgan fingerprint density at radius 1 is 0.927 bits per heavy atom. The van der Waals surface area contributed by atoms with Gasteiger partial charge in [0.15, 0.2) is 14.2 Å². The highest BCUT2D eigenvalue weighted by atomic mass is 32.2. The van der Waals surface area contributed by atoms with Crippen molar-refractivity contribution in [2.75, 3.05) is 57.5 Å². The lowest BCUT2D eigenvalue weighted by molar-refractivity contribution is -0.113. The van der Waals surface area contributed by atoms with Gasteiger partial charge in [-0.1, -0.05) is 42.2 Å². The van der Waals surface area contributed by atoms with Crippen LogP contribution in [0.5, 0.6) is 17.2 Å². The summed E-state index contributed by atoms with van der Waals surface area (Å²) in [6.45, 7) is 5.66. The normalized spacial score (nSPS) is 17.8. The molecule has 8 nitrogen and oxygen atoms in total. The highest BCUT2D eigenvalue weighted by Crippen LogP contribution is 2.37. The lowest BCUT2D eigenvalue weighted by atomic mass is 10.2. The zero-order chi connectivity index (χ0) is 29.0. The lowest BCUT2D eigenvalue weighted by Crippen LogP contribution is -2.45. The maximum Gasteiger partial charge on any atom is 0.270 e. The second kappa shape index (κ2) is 12.7. The zero-order valence-corrected chi connectivity index (χ0v) is 25.3. The van der Waals surface area contributed by atoms with Gasteiger partial charge in [-0.25, -0.2) is 8.42 Å². The van der Waals surface area contributed by atoms with Crippen molar-refractivity contribution in [3.05, 3.63) is 83.3 Å². The molecule has 0 radical (unpaired) electrons. The number of carbonyl (C=O) groups excluding carboxylic acids is 1. The molecule has 2 aliphatic rings. The van der Waals surface area contributed by atoms with E-state index in [1.807, 2.05) is 36.4 Å². The van der Waals surface area contributed by atoms with Gasteiger partial charge >= 0.3 is 0 Å². The summed E-state index contributed by atoms with van der Waals surface area (Å²) >= 11 is 6.82. The van der Waals surface area contributed by atoms with Gasteiger partial charge in [0.1, 0.15) is 23.9 Å². The molecule has 214 valence electrons. The van der Waals surface area contributed by atoms with E-state index in [-0.39, 0.29) is 10.8 Å². The molecule has 1 amide bonds. The van der Waals surface area contributed by atoms with Crippen molar-refractivity contribution in [1.29, 1.82) is 0 Å². The highest BCUT2D eigenvalue weighted by molar-refractivity contribution is 8.27. The van der Waals surface area contributed by atoms with Crippen LogP contribution in [0, 0.1) is 0 Å². The quantitative estimate of drug-likeness (QED) is 0.248. The average Bonchev–Trinajstić information content (AvgIpc) is 3.23. The first-order chi connectivity index (χ1) is 19.7. The molecule has 2 fully saturated rings. The number of sulfone groups is 1. The number of thioether (sulfide) groups is 1. The number of piperazine rings is 1. The smallest absolute Gasteiger partial charge is 0.270 e. The highest BCUT2D eigenvalue weighted by Gasteiger charge is 2.33. The predicted molar refractivity (Wildman–Crippen MR) is 168 cm³/mol. The first kappa shape index (κ1) is 29.3. The minimum atomic E-state index is -3.26. The summed E-state index contributed by atoms with van der Waals surface area (Å²) in [5.41, 5.74) is 1.50. The van der Waals surface area contributed by atoms with Gasteiger partial charge in [0, 0.05) is 45.0 Å². The largest absolute Gasteiger partial charge is 0.492 e. The predicted octanol–water partition coefficient (Wildman–Crippen LogP) is 4.91. The van der Waals surface area contributed by atoms with Crippen LogP contribution < -0.4 is 14.4 Å². The number of benzene rings is 3. The average molecular weight is 610 g/mol. The van der Waals surface area contributed by atoms with Gasteiger partial charge < -0.3 is 14.4 Å². The molecule has 3 aromatic rings. The molecule has 0 spiro atoms. The van der Waals surface area contributed by atoms with Crippen LogP contribution in [0.4, 0.5) is 5.69 Å². The Kier molecular flexibility index (Phi) is 9.10. The fourth-order valence-electron chi connectivity index (χ4n) is 4.44. The van der Waals surface area contributed by atoms with Crippen LogP contribution in [0.1, 0.15) is 5.56 Å². The number of carbonyl (C=O) groups is 1. The van der Waals surface area contributed by atoms with Crippen LogP contribution in [0.25, 0.3) is 6.08 Å². The molecule has 0 N–H and O–H groups in total. The van der Waals surface area contributed by atoms with Crippen LogP contribution in [-0.4, -0.2) is 81.1 Å². The van der Waals surface area contributed by atoms with Crippen molar-refractivity contribution in [3.8, 4) is 17.2 Å². The number of anilines is 1. The van der Waals surface area contributed by atoms with E-state index >= 15 is 0 Å². The standard InChI is InChI=1S/C30H31N3O5S3/c1-31-14-16-32(17-15-31)18-19-37-26-5-3-4-23(21-26)33-29(34)28(40-30(33)39)20-22-6-8-24(9-7-22)38-25-10-12-27(13-11-25)41(2,35)36/h3-13,20-21H,14-19H2,1-2H3. The van der Waals surface area contributed by atoms with Gasteiger partial charge in [-0.2, -0.15) is 0 Å². The van der Waals surface area contributed by atoms with Crippen LogP contribution in [-0.2, 0) is 14.6 Å². The summed E-state index contributed by atoms with van der Waals surface area (Å²) in [6, 6.07) is 21.0. The minimum absolute atomic E-state index is 0.180. The molecule has 0 aliphatic carbocycles. The molecular weight excluding hydrogens is 579 g/mol. The molecule has 11 heteroatoms. The molecule has 2 saturated heterocycles. The van der Waals surface area contributed by atoms with E-state index in [0.29, 0.717) is 38.8 Å². The van der Waals surface area contributed by atoms with E-state index in [1.165, 1.54) is 28.8 Å². The Labute approximate surface area is 250 Å². The van der Waals surface area contributed by atoms with Crippen molar-refractivity contribution >= 4 is 55.8 Å². The number of likely N-dealkylation sites (N-methyl/N-ethyl adjacent to an activating group) is 1. The number of thiocarbonyl (C=S) groups is 1. The summed E-state index contributed by atoms with van der Waals surface area (Å²) in [6.07, 6.45) is 2.97. The van der Waals surface area contributed by atoms with Crippen LogP contribution >= 0.6 is 24.0 Å². The first-order valence-corrected chi connectivity index (χ1v) is 16.3. The second-order valence-electron chi connectivity index (χ2n) is 9.92. The molecule has 0 unspecified atom stereocenters. The number of nitrogens with zero attached hydrogens (tertiary/aromatic N) is 3. The van der Waals surface area contributed by atoms with Gasteiger partial charge in [0.2, 0.25) is 0 Å². The molecule has 3 aromatic carbocycles. The molecule has 41 heavy (non-hydrogen) atoms. The fraction of sp³-hybridized carbons (Fsp3) is 0.267. The lowest BCUT2D eigenvalue weighted by Gasteiger charge is -2.32. The number of rotatable bonds is 9. The summed E-state index contributed by atoms with van der Waals surface area (Å²) in [5, 5.41) is 0. The number of hydrogen-bond acceptors (Lipinski definition) is 9. The van der Waals surface area contributed by atoms with Crippen molar-refractivity contribution in [3.63, 3.8) is 0 Å². The zero-order valence-electron chi connectivity index (χ0n) is 22.9. The minimum Gasteiger partial charge on any atom is -0.492 e. The summed E-state index contributed by atoms with van der Waals surface area (Å²) in [4.78, 5) is 20.3. The van der Waals surface area contributed by atoms with Crippen molar-refractivity contribution in [1.82, 2.24) is 9.80 Å². The Bertz CT molecular complexity index is 1550. The number of amides is 1. The second-order valence-corrected chi connectivity index (χ2v) is 13.6. The molecule has 5 rings (SSSR count). The molecule has 0 saturated carbocycles. The van der Waals surface area contributed by atoms with Crippen LogP contribution in [0.2, 0.25) is 0 Å². The fourth-order valence-corrected chi connectivity index (χ4v) is 6.37. The van der Waals surface area contributed by atoms with Crippen molar-refractivity contribution in [2.24, 2.45) is 0 Å². The van der Waals surface area contributed by atoms with Gasteiger partial charge in [-0.15, -0.1) is 0 Å². The topological polar surface area (TPSA) is 79.4 Å². The molecule has 2 aliphatic heterocycles. The third-order valence-electron chi connectivity index (χ3n) is 6.81. The van der Waals surface area contributed by atoms with Gasteiger partial charge in [-0.05, 0) is 67.2 Å². The summed E-state index contributed by atoms with van der Waals surface area (Å²) in [7, 11) is -1.12. The Morgan fingerprint density at radius 2 is 1.59 bits per heavy atom. The van der Waals surface area contributed by atoms with Crippen molar-refractivity contribution in [2.45, 2.75) is 4.90 Å². The molecule has 0 bridgehead atoms. The molecular formula is C30H31N3O5S3. The first-order valence-electron chi connectivity index (χ1n) is 13.2. The van der Waals surface area contributed by atoms with E-state index in [1.54, 1.807) is 30.3 Å². The molecule has 0 aromatic heterocycles. The maximum absolute atomic E-state index is 13.3. The molecule has 0 atom stereocenters. The summed E-state index contributed by atoms with van der Waals surface area (Å²) < 4.78 is 35.6. The third kappa shape index (κ3) is 7.55. The van der Waals surface area contributed by atoms with Crippen molar-refractivity contribution < 1.29 is 22.7 Å². The number of hydrogen-bond donors (Lipinski definition) is 0. The summed E-state index contributed by atoms with van der Waals surface area (Å²) in [5.74, 6) is 1.64. The molecule has 2 heterocycles. The van der Waals surface area contributed by atoms with Gasteiger partial charge in [0.25, 0.3) is 5.91 Å². The Morgan fingerprint density at radius 3 is 2.24 bits per heavy atom. The number of ether oxygens (including phenoxy) is 2. The van der Waals surface area contributed by atoms with E-state index in [2.05, 4.69) is 16.8 Å². The van der Waals surface area contributed by atoms with E-state index in [0.717, 1.165) is 44.5 Å². The third-order valence-corrected chi connectivity index (χ3v) is 9.24. The van der Waals surface area contributed by atoms with Gasteiger partial charge in [-0.3, -0.25) is 14.6 Å². The maximum atomic E-state index is 13.3. The van der Waals surface area contributed by atoms with E-state index in [4.69, 9.17) is 21.7 Å². The van der Waals surface area contributed by atoms with E-state index in [9.17, 15) is 13.2 Å². The van der Waals surface area contributed by atoms with Gasteiger partial charge in [0.05, 0.1) is 15.5 Å². The SMILES string of the molecule is CN1CCN(CCOc2cccc(N3C(=O)C(=Cc4ccc(Oc5ccc(S(C)(=O)=O)cc5)cc4)SC3=S)c2)CC1.